The van der Waals surface area contributed by atoms with Crippen molar-refractivity contribution in [2.24, 2.45) is 0 Å². The van der Waals surface area contributed by atoms with Gasteiger partial charge in [0.2, 0.25) is 0 Å². The van der Waals surface area contributed by atoms with E-state index in [2.05, 4.69) is 40.4 Å². The average molecular weight is 524 g/mol. The van der Waals surface area contributed by atoms with Crippen LogP contribution in [0.25, 0.3) is 0 Å². The molecule has 1 unspecified atom stereocenters. The third kappa shape index (κ3) is 7.28. The number of rotatable bonds is 11. The monoisotopic (exact) mass is 523 g/mol. The van der Waals surface area contributed by atoms with E-state index in [4.69, 9.17) is 18.9 Å². The van der Waals surface area contributed by atoms with Crippen molar-refractivity contribution in [1.82, 2.24) is 14.5 Å². The Morgan fingerprint density at radius 2 is 1.89 bits per heavy atom. The number of methoxy groups -OCH3 is 1. The summed E-state index contributed by atoms with van der Waals surface area (Å²) in [6.45, 7) is 12.4. The zero-order chi connectivity index (χ0) is 27.1. The van der Waals surface area contributed by atoms with Crippen LogP contribution in [-0.2, 0) is 17.8 Å². The third-order valence-electron chi connectivity index (χ3n) is 7.06. The van der Waals surface area contributed by atoms with Crippen LogP contribution >= 0.6 is 0 Å². The lowest BCUT2D eigenvalue weighted by Gasteiger charge is -2.31. The second kappa shape index (κ2) is 12.7. The highest BCUT2D eigenvalue weighted by atomic mass is 16.5. The molecular formula is C30H41N3O5. The van der Waals surface area contributed by atoms with E-state index in [1.54, 1.807) is 7.11 Å². The molecule has 1 aromatic heterocycles. The molecule has 1 fully saturated rings. The Balaban J connectivity index is 1.34. The summed E-state index contributed by atoms with van der Waals surface area (Å²) in [6.07, 6.45) is 4.67. The minimum Gasteiger partial charge on any atom is -0.493 e. The van der Waals surface area contributed by atoms with Gasteiger partial charge in [0.15, 0.2) is 11.5 Å². The standard InChI is InChI=1S/C30H41N3O5/c1-22-15-23(2)24(3)28(16-22)38-21-30(34)19-32(12-14-36-20-30)18-26-7-8-27(29(17-26)35-5)37-13-6-10-33-11-9-31-25(33)4/h7-9,11,15-17,34H,6,10,12-14,18-21H2,1-5H3. The van der Waals surface area contributed by atoms with Crippen LogP contribution in [0.5, 0.6) is 17.2 Å². The molecule has 1 aliphatic heterocycles. The topological polar surface area (TPSA) is 78.2 Å². The van der Waals surface area contributed by atoms with Crippen LogP contribution in [-0.4, -0.2) is 71.8 Å². The van der Waals surface area contributed by atoms with Crippen molar-refractivity contribution >= 4 is 0 Å². The van der Waals surface area contributed by atoms with Gasteiger partial charge < -0.3 is 28.6 Å². The molecule has 2 heterocycles. The van der Waals surface area contributed by atoms with Gasteiger partial charge in [0.1, 0.15) is 23.8 Å². The Kier molecular flexibility index (Phi) is 9.31. The summed E-state index contributed by atoms with van der Waals surface area (Å²) in [5.41, 5.74) is 3.39. The highest BCUT2D eigenvalue weighted by Gasteiger charge is 2.34. The number of imidazole rings is 1. The lowest BCUT2D eigenvalue weighted by Crippen LogP contribution is -2.48. The molecule has 0 amide bonds. The number of β-amino-alcohol motifs (C(OH)–C–C–N with tert-alkyl or cyclic N) is 1. The molecule has 0 bridgehead atoms. The van der Waals surface area contributed by atoms with Crippen LogP contribution < -0.4 is 14.2 Å². The zero-order valence-corrected chi connectivity index (χ0v) is 23.3. The zero-order valence-electron chi connectivity index (χ0n) is 23.3. The molecular weight excluding hydrogens is 482 g/mol. The number of hydrogen-bond donors (Lipinski definition) is 1. The molecule has 38 heavy (non-hydrogen) atoms. The summed E-state index contributed by atoms with van der Waals surface area (Å²) in [5, 5.41) is 11.4. The van der Waals surface area contributed by atoms with Crippen LogP contribution in [0.15, 0.2) is 42.7 Å². The van der Waals surface area contributed by atoms with E-state index in [0.717, 1.165) is 53.5 Å². The molecule has 2 aromatic carbocycles. The van der Waals surface area contributed by atoms with Gasteiger partial charge in [-0.3, -0.25) is 4.90 Å². The van der Waals surface area contributed by atoms with Crippen molar-refractivity contribution in [1.29, 1.82) is 0 Å². The van der Waals surface area contributed by atoms with Gasteiger partial charge >= 0.3 is 0 Å². The fourth-order valence-corrected chi connectivity index (χ4v) is 4.83. The maximum Gasteiger partial charge on any atom is 0.161 e. The molecule has 1 N–H and O–H groups in total. The van der Waals surface area contributed by atoms with Gasteiger partial charge in [0.05, 0.1) is 26.9 Å². The molecule has 0 spiro atoms. The van der Waals surface area contributed by atoms with Crippen molar-refractivity contribution in [3.63, 3.8) is 0 Å². The lowest BCUT2D eigenvalue weighted by atomic mass is 10.0. The highest BCUT2D eigenvalue weighted by molar-refractivity contribution is 5.43. The van der Waals surface area contributed by atoms with Crippen LogP contribution in [0.2, 0.25) is 0 Å². The molecule has 0 saturated carbocycles. The van der Waals surface area contributed by atoms with Crippen molar-refractivity contribution in [3.8, 4) is 17.2 Å². The second-order valence-corrected chi connectivity index (χ2v) is 10.3. The summed E-state index contributed by atoms with van der Waals surface area (Å²) < 4.78 is 25.7. The van der Waals surface area contributed by atoms with E-state index in [0.29, 0.717) is 32.1 Å². The third-order valence-corrected chi connectivity index (χ3v) is 7.06. The van der Waals surface area contributed by atoms with Gasteiger partial charge in [0.25, 0.3) is 0 Å². The number of aryl methyl sites for hydroxylation is 4. The normalized spacial score (nSPS) is 18.3. The van der Waals surface area contributed by atoms with Gasteiger partial charge in [-0.2, -0.15) is 0 Å². The van der Waals surface area contributed by atoms with Crippen LogP contribution in [0.3, 0.4) is 0 Å². The molecule has 1 saturated heterocycles. The van der Waals surface area contributed by atoms with E-state index in [9.17, 15) is 5.11 Å². The maximum absolute atomic E-state index is 11.4. The predicted octanol–water partition coefficient (Wildman–Crippen LogP) is 4.24. The van der Waals surface area contributed by atoms with Gasteiger partial charge in [0, 0.05) is 38.6 Å². The van der Waals surface area contributed by atoms with Crippen LogP contribution in [0, 0.1) is 27.7 Å². The van der Waals surface area contributed by atoms with Gasteiger partial charge in [-0.05, 0) is 74.6 Å². The average Bonchev–Trinajstić information content (AvgIpc) is 3.20. The summed E-state index contributed by atoms with van der Waals surface area (Å²) in [4.78, 5) is 6.46. The smallest absolute Gasteiger partial charge is 0.161 e. The Labute approximate surface area is 226 Å². The van der Waals surface area contributed by atoms with E-state index in [1.807, 2.05) is 44.4 Å². The molecule has 4 rings (SSSR count). The van der Waals surface area contributed by atoms with E-state index in [-0.39, 0.29) is 13.2 Å². The maximum atomic E-state index is 11.4. The first-order valence-electron chi connectivity index (χ1n) is 13.3. The van der Waals surface area contributed by atoms with Crippen LogP contribution in [0.1, 0.15) is 34.5 Å². The minimum atomic E-state index is -1.11. The first kappa shape index (κ1) is 28.0. The lowest BCUT2D eigenvalue weighted by molar-refractivity contribution is -0.0648. The molecule has 206 valence electrons. The first-order chi connectivity index (χ1) is 18.3. The molecule has 1 atom stereocenters. The van der Waals surface area contributed by atoms with Crippen molar-refractivity contribution in [3.05, 3.63) is 70.8 Å². The Morgan fingerprint density at radius 3 is 2.66 bits per heavy atom. The van der Waals surface area contributed by atoms with E-state index < -0.39 is 5.60 Å². The fraction of sp³-hybridized carbons (Fsp3) is 0.500. The number of nitrogens with zero attached hydrogens (tertiary/aromatic N) is 3. The Morgan fingerprint density at radius 1 is 1.05 bits per heavy atom. The van der Waals surface area contributed by atoms with Crippen molar-refractivity contribution in [2.45, 2.75) is 52.8 Å². The van der Waals surface area contributed by atoms with Gasteiger partial charge in [-0.15, -0.1) is 0 Å². The largest absolute Gasteiger partial charge is 0.493 e. The second-order valence-electron chi connectivity index (χ2n) is 10.3. The Hall–Kier alpha value is -3.07. The fourth-order valence-electron chi connectivity index (χ4n) is 4.83. The predicted molar refractivity (Wildman–Crippen MR) is 147 cm³/mol. The molecule has 3 aromatic rings. The van der Waals surface area contributed by atoms with Gasteiger partial charge in [-0.1, -0.05) is 12.1 Å². The quantitative estimate of drug-likeness (QED) is 0.377. The summed E-state index contributed by atoms with van der Waals surface area (Å²) in [6, 6.07) is 10.2. The number of hydrogen-bond acceptors (Lipinski definition) is 7. The SMILES string of the molecule is COc1cc(CN2CCOCC(O)(COc3cc(C)cc(C)c3C)C2)ccc1OCCCn1ccnc1C. The number of benzene rings is 2. The minimum absolute atomic E-state index is 0.169. The molecule has 0 aliphatic carbocycles. The van der Waals surface area contributed by atoms with Gasteiger partial charge in [-0.25, -0.2) is 4.98 Å². The first-order valence-corrected chi connectivity index (χ1v) is 13.3. The summed E-state index contributed by atoms with van der Waals surface area (Å²) in [5.74, 6) is 3.25. The highest BCUT2D eigenvalue weighted by Crippen LogP contribution is 2.30. The van der Waals surface area contributed by atoms with Crippen molar-refractivity contribution in [2.75, 3.05) is 46.6 Å². The molecule has 8 nitrogen and oxygen atoms in total. The van der Waals surface area contributed by atoms with E-state index in [1.165, 1.54) is 5.56 Å². The molecule has 1 aliphatic rings. The molecule has 8 heteroatoms. The number of ether oxygens (including phenoxy) is 4. The van der Waals surface area contributed by atoms with E-state index >= 15 is 0 Å². The summed E-state index contributed by atoms with van der Waals surface area (Å²) in [7, 11) is 1.66. The van der Waals surface area contributed by atoms with Crippen LogP contribution in [0.4, 0.5) is 0 Å². The Bertz CT molecular complexity index is 1210. The number of aromatic nitrogens is 2. The molecule has 0 radical (unpaired) electrons. The number of aliphatic hydroxyl groups is 1. The van der Waals surface area contributed by atoms with Crippen molar-refractivity contribution < 1.29 is 24.1 Å². The summed E-state index contributed by atoms with van der Waals surface area (Å²) >= 11 is 0.